The molecule has 1 saturated heterocycles. The van der Waals surface area contributed by atoms with Gasteiger partial charge in [0.05, 0.1) is 0 Å². The first-order valence-corrected chi connectivity index (χ1v) is 7.45. The third-order valence-electron chi connectivity index (χ3n) is 4.90. The summed E-state index contributed by atoms with van der Waals surface area (Å²) in [4.78, 5) is 11.0. The summed E-state index contributed by atoms with van der Waals surface area (Å²) >= 11 is 0. The zero-order valence-corrected chi connectivity index (χ0v) is 12.0. The average molecular weight is 260 g/mol. The number of nitrogens with one attached hydrogen (secondary N) is 1. The molecule has 1 atom stereocenters. The molecule has 0 aromatic carbocycles. The Kier molecular flexibility index (Phi) is 3.44. The maximum atomic E-state index is 4.33. The predicted octanol–water partition coefficient (Wildman–Crippen LogP) is 2.22. The van der Waals surface area contributed by atoms with Crippen molar-refractivity contribution in [3.63, 3.8) is 0 Å². The molecule has 1 aromatic heterocycles. The third-order valence-corrected chi connectivity index (χ3v) is 4.90. The molecule has 0 spiro atoms. The molecule has 1 unspecified atom stereocenters. The van der Waals surface area contributed by atoms with Gasteiger partial charge >= 0.3 is 0 Å². The zero-order valence-electron chi connectivity index (χ0n) is 12.0. The lowest BCUT2D eigenvalue weighted by molar-refractivity contribution is 0.306. The molecule has 0 radical (unpaired) electrons. The third kappa shape index (κ3) is 2.89. The van der Waals surface area contributed by atoms with Gasteiger partial charge < -0.3 is 10.2 Å². The van der Waals surface area contributed by atoms with Crippen molar-refractivity contribution in [2.75, 3.05) is 18.0 Å². The highest BCUT2D eigenvalue weighted by atomic mass is 15.3. The van der Waals surface area contributed by atoms with Crippen molar-refractivity contribution < 1.29 is 0 Å². The number of hydrogen-bond acceptors (Lipinski definition) is 4. The minimum absolute atomic E-state index is 0.569. The van der Waals surface area contributed by atoms with E-state index in [0.717, 1.165) is 19.0 Å². The van der Waals surface area contributed by atoms with E-state index >= 15 is 0 Å². The van der Waals surface area contributed by atoms with Crippen molar-refractivity contribution in [1.82, 2.24) is 15.3 Å². The number of rotatable bonds is 4. The maximum Gasteiger partial charge on any atom is 0.225 e. The first kappa shape index (κ1) is 12.9. The van der Waals surface area contributed by atoms with Crippen LogP contribution in [-0.2, 0) is 0 Å². The summed E-state index contributed by atoms with van der Waals surface area (Å²) < 4.78 is 0. The molecule has 3 rings (SSSR count). The summed E-state index contributed by atoms with van der Waals surface area (Å²) in [5.74, 6) is 0.878. The van der Waals surface area contributed by atoms with Gasteiger partial charge in [-0.05, 0) is 44.1 Å². The van der Waals surface area contributed by atoms with Crippen LogP contribution in [0.2, 0.25) is 0 Å². The van der Waals surface area contributed by atoms with Crippen LogP contribution in [0.5, 0.6) is 0 Å². The van der Waals surface area contributed by atoms with E-state index in [1.807, 2.05) is 18.5 Å². The molecular weight excluding hydrogens is 236 g/mol. The Morgan fingerprint density at radius 1 is 1.26 bits per heavy atom. The van der Waals surface area contributed by atoms with Crippen LogP contribution in [0.1, 0.15) is 39.5 Å². The first-order valence-electron chi connectivity index (χ1n) is 7.45. The molecule has 1 N–H and O–H groups in total. The summed E-state index contributed by atoms with van der Waals surface area (Å²) in [6, 6.07) is 3.18. The van der Waals surface area contributed by atoms with Gasteiger partial charge in [-0.1, -0.05) is 6.92 Å². The minimum atomic E-state index is 0.569. The molecular formula is C15H24N4. The SMILES string of the molecule is CC(NC1CCN(c2ncccn2)CC1)C1(C)CC1. The summed E-state index contributed by atoms with van der Waals surface area (Å²) in [6.45, 7) is 6.87. The summed E-state index contributed by atoms with van der Waals surface area (Å²) in [7, 11) is 0. The van der Waals surface area contributed by atoms with Crippen molar-refractivity contribution in [2.45, 2.75) is 51.6 Å². The van der Waals surface area contributed by atoms with E-state index in [1.165, 1.54) is 25.7 Å². The molecule has 19 heavy (non-hydrogen) atoms. The van der Waals surface area contributed by atoms with Gasteiger partial charge in [0, 0.05) is 37.6 Å². The lowest BCUT2D eigenvalue weighted by Gasteiger charge is -2.35. The van der Waals surface area contributed by atoms with E-state index in [-0.39, 0.29) is 0 Å². The second kappa shape index (κ2) is 5.08. The van der Waals surface area contributed by atoms with Crippen LogP contribution in [-0.4, -0.2) is 35.1 Å². The van der Waals surface area contributed by atoms with Crippen LogP contribution >= 0.6 is 0 Å². The number of anilines is 1. The molecule has 104 valence electrons. The van der Waals surface area contributed by atoms with Gasteiger partial charge in [0.15, 0.2) is 0 Å². The molecule has 0 bridgehead atoms. The highest BCUT2D eigenvalue weighted by Gasteiger charge is 2.43. The zero-order chi connectivity index (χ0) is 13.3. The van der Waals surface area contributed by atoms with Gasteiger partial charge in [0.1, 0.15) is 0 Å². The highest BCUT2D eigenvalue weighted by Crippen LogP contribution is 2.48. The Morgan fingerprint density at radius 2 is 1.89 bits per heavy atom. The van der Waals surface area contributed by atoms with Gasteiger partial charge in [-0.25, -0.2) is 9.97 Å². The van der Waals surface area contributed by atoms with Crippen molar-refractivity contribution in [3.8, 4) is 0 Å². The van der Waals surface area contributed by atoms with Crippen molar-refractivity contribution in [2.24, 2.45) is 5.41 Å². The molecule has 0 amide bonds. The lowest BCUT2D eigenvalue weighted by atomic mass is 9.97. The van der Waals surface area contributed by atoms with Gasteiger partial charge in [-0.15, -0.1) is 0 Å². The van der Waals surface area contributed by atoms with Crippen LogP contribution < -0.4 is 10.2 Å². The lowest BCUT2D eigenvalue weighted by Crippen LogP contribution is -2.47. The van der Waals surface area contributed by atoms with Crippen LogP contribution in [0, 0.1) is 5.41 Å². The molecule has 1 aliphatic carbocycles. The molecule has 4 nitrogen and oxygen atoms in total. The second-order valence-electron chi connectivity index (χ2n) is 6.35. The number of piperidine rings is 1. The van der Waals surface area contributed by atoms with Gasteiger partial charge in [-0.2, -0.15) is 0 Å². The number of nitrogens with zero attached hydrogens (tertiary/aromatic N) is 3. The molecule has 2 aliphatic rings. The Bertz CT molecular complexity index is 407. The predicted molar refractivity (Wildman–Crippen MR) is 77.2 cm³/mol. The van der Waals surface area contributed by atoms with Crippen LogP contribution in [0.25, 0.3) is 0 Å². The first-order chi connectivity index (χ1) is 9.17. The Labute approximate surface area is 115 Å². The fourth-order valence-electron chi connectivity index (χ4n) is 2.89. The largest absolute Gasteiger partial charge is 0.341 e. The molecule has 1 aliphatic heterocycles. The summed E-state index contributed by atoms with van der Waals surface area (Å²) in [6.07, 6.45) is 8.80. The number of hydrogen-bond donors (Lipinski definition) is 1. The Morgan fingerprint density at radius 3 is 2.47 bits per heavy atom. The quantitative estimate of drug-likeness (QED) is 0.901. The average Bonchev–Trinajstić information content (AvgIpc) is 3.20. The highest BCUT2D eigenvalue weighted by molar-refractivity contribution is 5.29. The fraction of sp³-hybridized carbons (Fsp3) is 0.733. The van der Waals surface area contributed by atoms with Gasteiger partial charge in [0.25, 0.3) is 0 Å². The Balaban J connectivity index is 1.50. The number of aromatic nitrogens is 2. The van der Waals surface area contributed by atoms with E-state index in [4.69, 9.17) is 0 Å². The smallest absolute Gasteiger partial charge is 0.225 e. The van der Waals surface area contributed by atoms with Gasteiger partial charge in [0.2, 0.25) is 5.95 Å². The molecule has 2 heterocycles. The van der Waals surface area contributed by atoms with Crippen LogP contribution in [0.15, 0.2) is 18.5 Å². The van der Waals surface area contributed by atoms with Crippen molar-refractivity contribution >= 4 is 5.95 Å². The van der Waals surface area contributed by atoms with Crippen LogP contribution in [0.3, 0.4) is 0 Å². The van der Waals surface area contributed by atoms with E-state index in [2.05, 4.69) is 34.0 Å². The standard InChI is InChI=1S/C15H24N4/c1-12(15(2)6-7-15)18-13-4-10-19(11-5-13)14-16-8-3-9-17-14/h3,8-9,12-13,18H,4-7,10-11H2,1-2H3. The van der Waals surface area contributed by atoms with E-state index < -0.39 is 0 Å². The topological polar surface area (TPSA) is 41.0 Å². The Hall–Kier alpha value is -1.16. The van der Waals surface area contributed by atoms with Crippen molar-refractivity contribution in [1.29, 1.82) is 0 Å². The van der Waals surface area contributed by atoms with Crippen LogP contribution in [0.4, 0.5) is 5.95 Å². The molecule has 4 heteroatoms. The normalized spacial score (nSPS) is 24.2. The second-order valence-corrected chi connectivity index (χ2v) is 6.35. The molecule has 2 fully saturated rings. The van der Waals surface area contributed by atoms with Gasteiger partial charge in [-0.3, -0.25) is 0 Å². The minimum Gasteiger partial charge on any atom is -0.341 e. The van der Waals surface area contributed by atoms with E-state index in [1.54, 1.807) is 0 Å². The molecule has 1 saturated carbocycles. The van der Waals surface area contributed by atoms with E-state index in [9.17, 15) is 0 Å². The summed E-state index contributed by atoms with van der Waals surface area (Å²) in [5, 5.41) is 3.83. The van der Waals surface area contributed by atoms with E-state index in [0.29, 0.717) is 17.5 Å². The maximum absolute atomic E-state index is 4.33. The monoisotopic (exact) mass is 260 g/mol. The fourth-order valence-corrected chi connectivity index (χ4v) is 2.89. The molecule has 1 aromatic rings. The summed E-state index contributed by atoms with van der Waals surface area (Å²) in [5.41, 5.74) is 0.569. The van der Waals surface area contributed by atoms with Crippen molar-refractivity contribution in [3.05, 3.63) is 18.5 Å².